The van der Waals surface area contributed by atoms with Gasteiger partial charge in [-0.15, -0.1) is 40.1 Å². The van der Waals surface area contributed by atoms with Gasteiger partial charge >= 0.3 is 37.9 Å². The molecule has 0 amide bonds. The van der Waals surface area contributed by atoms with Crippen LogP contribution in [0.25, 0.3) is 43.8 Å². The molecule has 6 aromatic rings. The molecule has 6 aromatic carbocycles. The predicted molar refractivity (Wildman–Crippen MR) is 179 cm³/mol. The van der Waals surface area contributed by atoms with Crippen LogP contribution in [0.15, 0.2) is 109 Å². The Morgan fingerprint density at radius 2 is 1.49 bits per heavy atom. The normalized spacial score (nSPS) is 10.7. The van der Waals surface area contributed by atoms with Crippen LogP contribution in [0.2, 0.25) is 13.1 Å². The summed E-state index contributed by atoms with van der Waals surface area (Å²) in [6, 6.07) is 42.6. The van der Waals surface area contributed by atoms with Crippen LogP contribution >= 0.6 is 17.0 Å². The van der Waals surface area contributed by atoms with Crippen molar-refractivity contribution in [2.45, 2.75) is 39.8 Å². The molecule has 0 N–H and O–H groups in total. The molecule has 0 unspecified atom stereocenters. The van der Waals surface area contributed by atoms with E-state index in [-0.39, 0.29) is 0 Å². The largest absolute Gasteiger partial charge is 0.179 e. The average molecular weight is 669 g/mol. The van der Waals surface area contributed by atoms with Crippen LogP contribution in [0, 0.1) is 13.0 Å². The van der Waals surface area contributed by atoms with Crippen LogP contribution < -0.4 is 0 Å². The summed E-state index contributed by atoms with van der Waals surface area (Å²) in [4.78, 5) is 0. The first-order chi connectivity index (χ1) is 20.1. The molecule has 0 aliphatic heterocycles. The molecule has 0 atom stereocenters. The van der Waals surface area contributed by atoms with Gasteiger partial charge in [0.05, 0.1) is 0 Å². The van der Waals surface area contributed by atoms with Crippen LogP contribution in [0.3, 0.4) is 0 Å². The quantitative estimate of drug-likeness (QED) is 0.127. The Bertz CT molecular complexity index is 1670. The van der Waals surface area contributed by atoms with E-state index in [1.165, 1.54) is 66.1 Å². The Kier molecular flexibility index (Phi) is 12.1. The van der Waals surface area contributed by atoms with Gasteiger partial charge in [-0.05, 0) is 41.7 Å². The first kappa shape index (κ1) is 31.6. The second-order valence-electron chi connectivity index (χ2n) is 9.97. The summed E-state index contributed by atoms with van der Waals surface area (Å²) < 4.78 is 0. The van der Waals surface area contributed by atoms with Crippen molar-refractivity contribution >= 4 is 48.1 Å². The maximum atomic E-state index is 4.93. The Hall–Kier alpha value is -2.35. The number of benzene rings is 5. The van der Waals surface area contributed by atoms with E-state index >= 15 is 0 Å². The van der Waals surface area contributed by atoms with Crippen molar-refractivity contribution in [3.63, 3.8) is 0 Å². The molecule has 7 rings (SSSR count). The second-order valence-corrected chi connectivity index (χ2v) is 14.7. The number of halogens is 2. The van der Waals surface area contributed by atoms with Crippen LogP contribution in [-0.2, 0) is 33.7 Å². The summed E-state index contributed by atoms with van der Waals surface area (Å²) in [6.07, 6.45) is 2.13. The molecule has 0 heterocycles. The number of hydrogen-bond acceptors (Lipinski definition) is 0. The Morgan fingerprint density at radius 3 is 2.27 bits per heavy atom. The van der Waals surface area contributed by atoms with Crippen molar-refractivity contribution in [2.75, 3.05) is 0 Å². The molecule has 1 aliphatic carbocycles. The summed E-state index contributed by atoms with van der Waals surface area (Å²) in [5.74, 6) is 0. The molecule has 0 saturated carbocycles. The minimum absolute atomic E-state index is 0.826. The molecule has 2 radical (unpaired) electrons. The standard InChI is InChI=1S/C22H19.C13H9.C2H6Si.2ClH.Zr/c1-3-16-13-18-8-6-10-20(21(18)14-16)22-15(2)11-12-17-7-4-5-9-19(17)22;1-3-7-12-10(5-1)9-11-6-2-4-8-13(11)12;1-3-2;;;/h4-14H,3H2,1-2H3;1-5,7-8H,9H2;1-2H3;2*1H;/q2*-1;;;;+4/p-2. The van der Waals surface area contributed by atoms with Crippen LogP contribution in [0.4, 0.5) is 0 Å². The molecule has 4 heteroatoms. The number of rotatable bonds is 2. The van der Waals surface area contributed by atoms with E-state index in [0.29, 0.717) is 0 Å². The Morgan fingerprint density at radius 1 is 0.805 bits per heavy atom. The molecule has 0 spiro atoms. The van der Waals surface area contributed by atoms with Crippen LogP contribution in [0.1, 0.15) is 29.2 Å². The van der Waals surface area contributed by atoms with E-state index in [2.05, 4.69) is 136 Å². The Balaban J connectivity index is 0.000000172. The van der Waals surface area contributed by atoms with Crippen LogP contribution in [0.5, 0.6) is 0 Å². The van der Waals surface area contributed by atoms with Crippen LogP contribution in [-0.4, -0.2) is 9.52 Å². The van der Waals surface area contributed by atoms with Crippen molar-refractivity contribution in [1.82, 2.24) is 0 Å². The van der Waals surface area contributed by atoms with E-state index in [0.717, 1.165) is 22.4 Å². The smallest absolute Gasteiger partial charge is 0.0253 e. The minimum Gasteiger partial charge on any atom is -0.179 e. The van der Waals surface area contributed by atoms with Gasteiger partial charge in [-0.2, -0.15) is 35.9 Å². The molecular formula is C37H34Cl2SiZr. The first-order valence-electron chi connectivity index (χ1n) is 13.9. The monoisotopic (exact) mass is 666 g/mol. The molecule has 1 aliphatic rings. The predicted octanol–water partition coefficient (Wildman–Crippen LogP) is 11.5. The van der Waals surface area contributed by atoms with E-state index in [4.69, 9.17) is 17.0 Å². The van der Waals surface area contributed by atoms with E-state index in [1.54, 1.807) is 0 Å². The fraction of sp³-hybridized carbons (Fsp3) is 0.162. The van der Waals surface area contributed by atoms with Gasteiger partial charge in [0.25, 0.3) is 0 Å². The molecule has 0 fully saturated rings. The third-order valence-electron chi connectivity index (χ3n) is 7.24. The van der Waals surface area contributed by atoms with E-state index in [1.807, 2.05) is 6.07 Å². The zero-order chi connectivity index (χ0) is 29.2. The van der Waals surface area contributed by atoms with Crippen molar-refractivity contribution in [3.05, 3.63) is 138 Å². The second kappa shape index (κ2) is 15.8. The molecule has 0 aromatic heterocycles. The zero-order valence-corrected chi connectivity index (χ0v) is 29.0. The summed E-state index contributed by atoms with van der Waals surface area (Å²) >= 11 is -0.826. The van der Waals surface area contributed by atoms with Crippen molar-refractivity contribution in [3.8, 4) is 22.3 Å². The summed E-state index contributed by atoms with van der Waals surface area (Å²) in [6.45, 7) is 8.74. The molecule has 0 nitrogen and oxygen atoms in total. The summed E-state index contributed by atoms with van der Waals surface area (Å²) in [5.41, 5.74) is 11.0. The maximum absolute atomic E-state index is 4.93. The molecule has 41 heavy (non-hydrogen) atoms. The van der Waals surface area contributed by atoms with Gasteiger partial charge in [-0.3, -0.25) is 0 Å². The maximum Gasteiger partial charge on any atom is -0.0253 e. The first-order valence-corrected chi connectivity index (χ1v) is 22.2. The molecular weight excluding hydrogens is 635 g/mol. The number of hydrogen-bond donors (Lipinski definition) is 0. The van der Waals surface area contributed by atoms with Gasteiger partial charge in [-0.25, -0.2) is 0 Å². The average Bonchev–Trinajstić information content (AvgIpc) is 3.60. The van der Waals surface area contributed by atoms with E-state index < -0.39 is 20.8 Å². The van der Waals surface area contributed by atoms with Gasteiger partial charge in [0, 0.05) is 9.52 Å². The van der Waals surface area contributed by atoms with Gasteiger partial charge in [0.15, 0.2) is 0 Å². The van der Waals surface area contributed by atoms with Crippen molar-refractivity contribution in [1.29, 1.82) is 0 Å². The third-order valence-corrected chi connectivity index (χ3v) is 7.24. The van der Waals surface area contributed by atoms with Gasteiger partial charge in [0.1, 0.15) is 0 Å². The molecule has 204 valence electrons. The van der Waals surface area contributed by atoms with Crippen molar-refractivity contribution in [2.24, 2.45) is 0 Å². The van der Waals surface area contributed by atoms with Gasteiger partial charge in [-0.1, -0.05) is 103 Å². The molecule has 0 bridgehead atoms. The summed E-state index contributed by atoms with van der Waals surface area (Å²) in [7, 11) is 11.0. The number of fused-ring (bicyclic) bond motifs is 5. The van der Waals surface area contributed by atoms with Gasteiger partial charge in [0.2, 0.25) is 0 Å². The molecule has 0 saturated heterocycles. The fourth-order valence-corrected chi connectivity index (χ4v) is 5.45. The summed E-state index contributed by atoms with van der Waals surface area (Å²) in [5, 5.41) is 5.37. The SMILES string of the molecule is CCc1cc2c(-c3c(C)ccc4ccccc34)cccc2[cH-]1.C[Si]C.[Cl][Zr+2][Cl].[c-]1cccc2c1Cc1ccccc1-2. The van der Waals surface area contributed by atoms with Gasteiger partial charge < -0.3 is 0 Å². The topological polar surface area (TPSA) is 0 Å². The van der Waals surface area contributed by atoms with Crippen molar-refractivity contribution < 1.29 is 20.8 Å². The Labute approximate surface area is 266 Å². The number of aryl methyl sites for hydroxylation is 2. The van der Waals surface area contributed by atoms with E-state index in [9.17, 15) is 0 Å². The third kappa shape index (κ3) is 7.54. The fourth-order valence-electron chi connectivity index (χ4n) is 5.45. The zero-order valence-electron chi connectivity index (χ0n) is 24.1. The minimum atomic E-state index is -0.826.